The van der Waals surface area contributed by atoms with Crippen molar-refractivity contribution in [2.75, 3.05) is 31.5 Å². The van der Waals surface area contributed by atoms with Crippen molar-refractivity contribution in [2.45, 2.75) is 25.3 Å². The van der Waals surface area contributed by atoms with Crippen LogP contribution in [0.1, 0.15) is 18.4 Å². The number of rotatable bonds is 5. The summed E-state index contributed by atoms with van der Waals surface area (Å²) in [5.74, 6) is 0.572. The highest BCUT2D eigenvalue weighted by Crippen LogP contribution is 2.20. The lowest BCUT2D eigenvalue weighted by Crippen LogP contribution is -2.48. The van der Waals surface area contributed by atoms with Crippen LogP contribution in [0.25, 0.3) is 0 Å². The average Bonchev–Trinajstić information content (AvgIpc) is 3.00. The van der Waals surface area contributed by atoms with Gasteiger partial charge >= 0.3 is 0 Å². The van der Waals surface area contributed by atoms with Crippen LogP contribution in [0.4, 0.5) is 5.69 Å². The number of nitrogens with zero attached hydrogens (tertiary/aromatic N) is 3. The van der Waals surface area contributed by atoms with Gasteiger partial charge in [-0.3, -0.25) is 9.69 Å². The van der Waals surface area contributed by atoms with Gasteiger partial charge in [-0.05, 0) is 31.2 Å². The van der Waals surface area contributed by atoms with E-state index in [1.54, 1.807) is 12.1 Å². The summed E-state index contributed by atoms with van der Waals surface area (Å²) in [7, 11) is -3.54. The Balaban J connectivity index is 1.61. The van der Waals surface area contributed by atoms with Gasteiger partial charge in [0.25, 0.3) is 0 Å². The number of piperazine rings is 1. The Morgan fingerprint density at radius 3 is 2.38 bits per heavy atom. The summed E-state index contributed by atoms with van der Waals surface area (Å²) in [5, 5.41) is 6.60. The van der Waals surface area contributed by atoms with Gasteiger partial charge in [0.15, 0.2) is 0 Å². The number of carbonyl (C=O) groups is 1. The smallest absolute Gasteiger partial charge is 0.243 e. The highest BCUT2D eigenvalue weighted by atomic mass is 32.2. The van der Waals surface area contributed by atoms with E-state index in [0.29, 0.717) is 38.4 Å². The SMILES string of the molecule is CC(=O)Nc1ccc(S(=O)(=O)N2CCN(Cc3cc(C)on3)CC2)cc1. The van der Waals surface area contributed by atoms with Crippen LogP contribution < -0.4 is 5.32 Å². The molecule has 2 heterocycles. The third-order valence-electron chi connectivity index (χ3n) is 4.21. The van der Waals surface area contributed by atoms with E-state index >= 15 is 0 Å². The molecule has 1 aromatic heterocycles. The molecule has 140 valence electrons. The molecule has 9 heteroatoms. The van der Waals surface area contributed by atoms with Crippen LogP contribution in [0, 0.1) is 6.92 Å². The van der Waals surface area contributed by atoms with Crippen molar-refractivity contribution in [2.24, 2.45) is 0 Å². The third kappa shape index (κ3) is 4.29. The molecule has 8 nitrogen and oxygen atoms in total. The largest absolute Gasteiger partial charge is 0.361 e. The van der Waals surface area contributed by atoms with E-state index in [4.69, 9.17) is 4.52 Å². The maximum absolute atomic E-state index is 12.8. The van der Waals surface area contributed by atoms with E-state index in [-0.39, 0.29) is 10.8 Å². The summed E-state index contributed by atoms with van der Waals surface area (Å²) >= 11 is 0. The molecule has 1 saturated heterocycles. The minimum atomic E-state index is -3.54. The molecule has 3 rings (SSSR count). The van der Waals surface area contributed by atoms with Gasteiger partial charge in [0.1, 0.15) is 5.76 Å². The highest BCUT2D eigenvalue weighted by Gasteiger charge is 2.28. The molecule has 1 aromatic carbocycles. The third-order valence-corrected chi connectivity index (χ3v) is 6.12. The topological polar surface area (TPSA) is 95.8 Å². The van der Waals surface area contributed by atoms with Gasteiger partial charge in [-0.25, -0.2) is 8.42 Å². The molecule has 1 aliphatic rings. The van der Waals surface area contributed by atoms with Gasteiger partial charge in [0.05, 0.1) is 10.6 Å². The first-order valence-corrected chi connectivity index (χ1v) is 9.81. The fourth-order valence-corrected chi connectivity index (χ4v) is 4.33. The zero-order chi connectivity index (χ0) is 18.7. The molecule has 0 saturated carbocycles. The van der Waals surface area contributed by atoms with Gasteiger partial charge in [0, 0.05) is 51.4 Å². The molecule has 1 aliphatic heterocycles. The summed E-state index contributed by atoms with van der Waals surface area (Å²) in [4.78, 5) is 13.4. The first-order valence-electron chi connectivity index (χ1n) is 8.37. The van der Waals surface area contributed by atoms with E-state index in [9.17, 15) is 13.2 Å². The van der Waals surface area contributed by atoms with E-state index < -0.39 is 10.0 Å². The second-order valence-electron chi connectivity index (χ2n) is 6.31. The van der Waals surface area contributed by atoms with E-state index in [2.05, 4.69) is 15.4 Å². The van der Waals surface area contributed by atoms with Crippen LogP contribution >= 0.6 is 0 Å². The molecule has 0 radical (unpaired) electrons. The molecule has 1 N–H and O–H groups in total. The van der Waals surface area contributed by atoms with Crippen molar-refractivity contribution in [1.82, 2.24) is 14.4 Å². The molecule has 0 bridgehead atoms. The molecule has 0 atom stereocenters. The van der Waals surface area contributed by atoms with Crippen molar-refractivity contribution in [3.63, 3.8) is 0 Å². The summed E-state index contributed by atoms with van der Waals surface area (Å²) < 4.78 is 32.1. The average molecular weight is 378 g/mol. The number of aromatic nitrogens is 1. The van der Waals surface area contributed by atoms with Crippen molar-refractivity contribution in [3.8, 4) is 0 Å². The molecule has 0 unspecified atom stereocenters. The fraction of sp³-hybridized carbons (Fsp3) is 0.412. The van der Waals surface area contributed by atoms with Crippen molar-refractivity contribution in [3.05, 3.63) is 41.8 Å². The number of hydrogen-bond donors (Lipinski definition) is 1. The lowest BCUT2D eigenvalue weighted by atomic mass is 10.3. The van der Waals surface area contributed by atoms with Crippen molar-refractivity contribution in [1.29, 1.82) is 0 Å². The summed E-state index contributed by atoms with van der Waals surface area (Å²) in [6, 6.07) is 8.12. The molecule has 1 amide bonds. The summed E-state index contributed by atoms with van der Waals surface area (Å²) in [5.41, 5.74) is 1.43. The number of carbonyl (C=O) groups excluding carboxylic acids is 1. The number of benzene rings is 1. The van der Waals surface area contributed by atoms with Crippen LogP contribution in [0.2, 0.25) is 0 Å². The molecule has 1 fully saturated rings. The molecule has 0 aliphatic carbocycles. The summed E-state index contributed by atoms with van der Waals surface area (Å²) in [6.45, 7) is 6.02. The quantitative estimate of drug-likeness (QED) is 0.846. The Morgan fingerprint density at radius 2 is 1.85 bits per heavy atom. The Kier molecular flexibility index (Phi) is 5.40. The van der Waals surface area contributed by atoms with Crippen molar-refractivity contribution >= 4 is 21.6 Å². The lowest BCUT2D eigenvalue weighted by Gasteiger charge is -2.33. The highest BCUT2D eigenvalue weighted by molar-refractivity contribution is 7.89. The van der Waals surface area contributed by atoms with Gasteiger partial charge in [0.2, 0.25) is 15.9 Å². The van der Waals surface area contributed by atoms with Gasteiger partial charge < -0.3 is 9.84 Å². The maximum Gasteiger partial charge on any atom is 0.243 e. The second-order valence-corrected chi connectivity index (χ2v) is 8.25. The predicted octanol–water partition coefficient (Wildman–Crippen LogP) is 1.45. The molecular formula is C17H22N4O4S. The Morgan fingerprint density at radius 1 is 1.19 bits per heavy atom. The normalized spacial score (nSPS) is 16.5. The lowest BCUT2D eigenvalue weighted by molar-refractivity contribution is -0.114. The zero-order valence-electron chi connectivity index (χ0n) is 14.8. The fourth-order valence-electron chi connectivity index (χ4n) is 2.91. The number of nitrogens with one attached hydrogen (secondary N) is 1. The standard InChI is InChI=1S/C17H22N4O4S/c1-13-11-16(19-25-13)12-20-7-9-21(10-8-20)26(23,24)17-5-3-15(4-6-17)18-14(2)22/h3-6,11H,7-10,12H2,1-2H3,(H,18,22). The van der Waals surface area contributed by atoms with Crippen molar-refractivity contribution < 1.29 is 17.7 Å². The van der Waals surface area contributed by atoms with Crippen LogP contribution in [-0.4, -0.2) is 54.9 Å². The second kappa shape index (κ2) is 7.56. The Bertz CT molecular complexity index is 868. The number of aryl methyl sites for hydroxylation is 1. The van der Waals surface area contributed by atoms with Gasteiger partial charge in [-0.1, -0.05) is 5.16 Å². The zero-order valence-corrected chi connectivity index (χ0v) is 15.6. The number of sulfonamides is 1. The Hall–Kier alpha value is -2.23. The minimum Gasteiger partial charge on any atom is -0.361 e. The predicted molar refractivity (Wildman–Crippen MR) is 96.0 cm³/mol. The van der Waals surface area contributed by atoms with Crippen LogP contribution in [0.15, 0.2) is 39.8 Å². The first kappa shape index (κ1) is 18.6. The number of amides is 1. The minimum absolute atomic E-state index is 0.195. The van der Waals surface area contributed by atoms with E-state index in [1.807, 2.05) is 13.0 Å². The number of hydrogen-bond acceptors (Lipinski definition) is 6. The van der Waals surface area contributed by atoms with E-state index in [1.165, 1.54) is 23.4 Å². The van der Waals surface area contributed by atoms with Gasteiger partial charge in [-0.2, -0.15) is 4.31 Å². The molecular weight excluding hydrogens is 356 g/mol. The van der Waals surface area contributed by atoms with Gasteiger partial charge in [-0.15, -0.1) is 0 Å². The maximum atomic E-state index is 12.8. The molecule has 2 aromatic rings. The number of anilines is 1. The molecule has 0 spiro atoms. The van der Waals surface area contributed by atoms with Crippen LogP contribution in [0.5, 0.6) is 0 Å². The summed E-state index contributed by atoms with van der Waals surface area (Å²) in [6.07, 6.45) is 0. The van der Waals surface area contributed by atoms with E-state index in [0.717, 1.165) is 11.5 Å². The van der Waals surface area contributed by atoms with Crippen LogP contribution in [-0.2, 0) is 21.4 Å². The monoisotopic (exact) mass is 378 g/mol. The van der Waals surface area contributed by atoms with Crippen LogP contribution in [0.3, 0.4) is 0 Å². The first-order chi connectivity index (χ1) is 12.3. The molecule has 26 heavy (non-hydrogen) atoms. The Labute approximate surface area is 152 Å².